The van der Waals surface area contributed by atoms with Crippen molar-refractivity contribution in [2.75, 3.05) is 0 Å². The second-order valence-electron chi connectivity index (χ2n) is 7.04. The molecule has 0 aromatic rings. The molecule has 0 bridgehead atoms. The van der Waals surface area contributed by atoms with Gasteiger partial charge in [0.15, 0.2) is 0 Å². The fraction of sp³-hybridized carbons (Fsp3) is 0.938. The first-order valence-electron chi connectivity index (χ1n) is 7.91. The zero-order chi connectivity index (χ0) is 13.4. The quantitative estimate of drug-likeness (QED) is 0.696. The van der Waals surface area contributed by atoms with E-state index in [-0.39, 0.29) is 12.3 Å². The van der Waals surface area contributed by atoms with Gasteiger partial charge in [-0.25, -0.2) is 8.78 Å². The fourth-order valence-corrected chi connectivity index (χ4v) is 4.76. The highest BCUT2D eigenvalue weighted by atomic mass is 19.1. The Kier molecular flexibility index (Phi) is 3.91. The normalized spacial score (nSPS) is 47.8. The van der Waals surface area contributed by atoms with Crippen LogP contribution in [0.25, 0.3) is 0 Å². The molecule has 3 heteroatoms. The van der Waals surface area contributed by atoms with Crippen LogP contribution in [0.15, 0.2) is 0 Å². The minimum atomic E-state index is -0.931. The minimum Gasteiger partial charge on any atom is -0.300 e. The maximum atomic E-state index is 13.5. The van der Waals surface area contributed by atoms with Crippen molar-refractivity contribution in [1.29, 1.82) is 0 Å². The standard InChI is InChI=1S/C16H24F2O/c17-14-6-13(7-15(18)9-14)11-1-2-12-8-16(19)4-3-10(12)5-11/h10-15H,1-9H2. The first-order chi connectivity index (χ1) is 9.11. The molecule has 3 aliphatic rings. The Morgan fingerprint density at radius 1 is 0.737 bits per heavy atom. The molecule has 0 aliphatic heterocycles. The first kappa shape index (κ1) is 13.5. The number of Topliss-reactive ketones (excluding diaryl/α,β-unsaturated/α-hetero) is 1. The molecule has 3 rings (SSSR count). The molecular formula is C16H24F2O. The number of alkyl halides is 2. The third kappa shape index (κ3) is 3.00. The van der Waals surface area contributed by atoms with Crippen molar-refractivity contribution in [2.24, 2.45) is 23.7 Å². The number of rotatable bonds is 1. The molecule has 0 aromatic carbocycles. The van der Waals surface area contributed by atoms with E-state index in [1.807, 2.05) is 0 Å². The Balaban J connectivity index is 1.60. The van der Waals surface area contributed by atoms with E-state index in [0.717, 1.165) is 38.5 Å². The Morgan fingerprint density at radius 3 is 2.11 bits per heavy atom. The number of fused-ring (bicyclic) bond motifs is 1. The number of hydrogen-bond donors (Lipinski definition) is 0. The second-order valence-corrected chi connectivity index (χ2v) is 7.04. The third-order valence-corrected chi connectivity index (χ3v) is 5.76. The summed E-state index contributed by atoms with van der Waals surface area (Å²) in [4.78, 5) is 11.5. The average Bonchev–Trinajstić information content (AvgIpc) is 2.37. The van der Waals surface area contributed by atoms with Crippen LogP contribution >= 0.6 is 0 Å². The predicted octanol–water partition coefficient (Wildman–Crippen LogP) is 4.25. The van der Waals surface area contributed by atoms with Gasteiger partial charge in [0.25, 0.3) is 0 Å². The summed E-state index contributed by atoms with van der Waals surface area (Å²) in [6, 6.07) is 0. The molecule has 0 amide bonds. The summed E-state index contributed by atoms with van der Waals surface area (Å²) in [5.41, 5.74) is 0. The molecule has 3 aliphatic carbocycles. The summed E-state index contributed by atoms with van der Waals surface area (Å²) in [6.07, 6.45) is 5.21. The molecule has 108 valence electrons. The number of carbonyl (C=O) groups is 1. The van der Waals surface area contributed by atoms with Gasteiger partial charge in [-0.2, -0.15) is 0 Å². The fourth-order valence-electron chi connectivity index (χ4n) is 4.76. The largest absolute Gasteiger partial charge is 0.300 e. The van der Waals surface area contributed by atoms with Crippen LogP contribution in [-0.4, -0.2) is 18.1 Å². The van der Waals surface area contributed by atoms with E-state index in [1.54, 1.807) is 0 Å². The van der Waals surface area contributed by atoms with E-state index in [0.29, 0.717) is 36.4 Å². The zero-order valence-electron chi connectivity index (χ0n) is 11.5. The van der Waals surface area contributed by atoms with Gasteiger partial charge in [0.05, 0.1) is 0 Å². The minimum absolute atomic E-state index is 0.115. The molecule has 0 spiro atoms. The van der Waals surface area contributed by atoms with Crippen LogP contribution in [-0.2, 0) is 4.79 Å². The van der Waals surface area contributed by atoms with Gasteiger partial charge in [-0.3, -0.25) is 4.79 Å². The molecule has 0 aromatic heterocycles. The van der Waals surface area contributed by atoms with Crippen LogP contribution in [0, 0.1) is 23.7 Å². The van der Waals surface area contributed by atoms with Crippen molar-refractivity contribution >= 4 is 5.78 Å². The van der Waals surface area contributed by atoms with Crippen LogP contribution in [0.2, 0.25) is 0 Å². The maximum Gasteiger partial charge on any atom is 0.133 e. The summed E-state index contributed by atoms with van der Waals surface area (Å²) in [5.74, 6) is 2.39. The van der Waals surface area contributed by atoms with Crippen molar-refractivity contribution in [1.82, 2.24) is 0 Å². The molecule has 3 fully saturated rings. The molecule has 5 unspecified atom stereocenters. The highest BCUT2D eigenvalue weighted by molar-refractivity contribution is 5.79. The van der Waals surface area contributed by atoms with Gasteiger partial charge in [-0.1, -0.05) is 0 Å². The second kappa shape index (κ2) is 5.49. The first-order valence-corrected chi connectivity index (χ1v) is 7.91. The zero-order valence-corrected chi connectivity index (χ0v) is 11.5. The van der Waals surface area contributed by atoms with Crippen LogP contribution in [0.1, 0.15) is 57.8 Å². The lowest BCUT2D eigenvalue weighted by atomic mass is 9.62. The van der Waals surface area contributed by atoms with Crippen LogP contribution in [0.4, 0.5) is 8.78 Å². The van der Waals surface area contributed by atoms with Gasteiger partial charge in [0, 0.05) is 19.3 Å². The lowest BCUT2D eigenvalue weighted by Gasteiger charge is -2.43. The summed E-state index contributed by atoms with van der Waals surface area (Å²) < 4.78 is 27.1. The Labute approximate surface area is 114 Å². The number of halogens is 2. The monoisotopic (exact) mass is 270 g/mol. The van der Waals surface area contributed by atoms with E-state index < -0.39 is 12.3 Å². The van der Waals surface area contributed by atoms with Crippen molar-refractivity contribution in [3.63, 3.8) is 0 Å². The van der Waals surface area contributed by atoms with Crippen LogP contribution < -0.4 is 0 Å². The van der Waals surface area contributed by atoms with E-state index in [4.69, 9.17) is 0 Å². The number of hydrogen-bond acceptors (Lipinski definition) is 1. The number of carbonyl (C=O) groups excluding carboxylic acids is 1. The lowest BCUT2D eigenvalue weighted by Crippen LogP contribution is -2.36. The SMILES string of the molecule is O=C1CCC2CC(C3CC(F)CC(F)C3)CCC2C1. The third-order valence-electron chi connectivity index (χ3n) is 5.76. The van der Waals surface area contributed by atoms with Crippen LogP contribution in [0.5, 0.6) is 0 Å². The summed E-state index contributed by atoms with van der Waals surface area (Å²) in [5, 5.41) is 0. The smallest absolute Gasteiger partial charge is 0.133 e. The summed E-state index contributed by atoms with van der Waals surface area (Å²) in [7, 11) is 0. The van der Waals surface area contributed by atoms with Gasteiger partial charge in [0.1, 0.15) is 18.1 Å². The van der Waals surface area contributed by atoms with Crippen LogP contribution in [0.3, 0.4) is 0 Å². The predicted molar refractivity (Wildman–Crippen MR) is 70.3 cm³/mol. The van der Waals surface area contributed by atoms with Gasteiger partial charge < -0.3 is 0 Å². The van der Waals surface area contributed by atoms with E-state index in [9.17, 15) is 13.6 Å². The van der Waals surface area contributed by atoms with E-state index in [2.05, 4.69) is 0 Å². The topological polar surface area (TPSA) is 17.1 Å². The molecular weight excluding hydrogens is 246 g/mol. The highest BCUT2D eigenvalue weighted by Crippen LogP contribution is 2.47. The Morgan fingerprint density at radius 2 is 1.37 bits per heavy atom. The van der Waals surface area contributed by atoms with Crippen molar-refractivity contribution in [3.8, 4) is 0 Å². The van der Waals surface area contributed by atoms with E-state index >= 15 is 0 Å². The van der Waals surface area contributed by atoms with Gasteiger partial charge in [-0.15, -0.1) is 0 Å². The van der Waals surface area contributed by atoms with Gasteiger partial charge in [0.2, 0.25) is 0 Å². The molecule has 0 saturated heterocycles. The summed E-state index contributed by atoms with van der Waals surface area (Å²) in [6.45, 7) is 0. The Hall–Kier alpha value is -0.470. The molecule has 0 radical (unpaired) electrons. The molecule has 19 heavy (non-hydrogen) atoms. The van der Waals surface area contributed by atoms with Crippen molar-refractivity contribution in [2.45, 2.75) is 70.1 Å². The average molecular weight is 270 g/mol. The lowest BCUT2D eigenvalue weighted by molar-refractivity contribution is -0.123. The summed E-state index contributed by atoms with van der Waals surface area (Å²) >= 11 is 0. The van der Waals surface area contributed by atoms with Crippen molar-refractivity contribution < 1.29 is 13.6 Å². The van der Waals surface area contributed by atoms with Crippen molar-refractivity contribution in [3.05, 3.63) is 0 Å². The Bertz CT molecular complexity index is 334. The molecule has 1 nitrogen and oxygen atoms in total. The molecule has 3 saturated carbocycles. The molecule has 5 atom stereocenters. The van der Waals surface area contributed by atoms with Gasteiger partial charge >= 0.3 is 0 Å². The van der Waals surface area contributed by atoms with E-state index in [1.165, 1.54) is 0 Å². The highest BCUT2D eigenvalue weighted by Gasteiger charge is 2.40. The van der Waals surface area contributed by atoms with Gasteiger partial charge in [-0.05, 0) is 62.2 Å². The molecule has 0 heterocycles. The molecule has 0 N–H and O–H groups in total. The number of ketones is 1. The maximum absolute atomic E-state index is 13.5.